The van der Waals surface area contributed by atoms with Crippen molar-refractivity contribution in [2.75, 3.05) is 41.4 Å². The van der Waals surface area contributed by atoms with Gasteiger partial charge in [-0.3, -0.25) is 9.79 Å². The van der Waals surface area contributed by atoms with Crippen LogP contribution in [-0.4, -0.2) is 58.2 Å². The van der Waals surface area contributed by atoms with E-state index in [0.29, 0.717) is 30.9 Å². The second-order valence-corrected chi connectivity index (χ2v) is 6.17. The summed E-state index contributed by atoms with van der Waals surface area (Å²) < 4.78 is 10.3. The topological polar surface area (TPSA) is 75.2 Å². The highest BCUT2D eigenvalue weighted by molar-refractivity contribution is 14.0. The van der Waals surface area contributed by atoms with Gasteiger partial charge in [-0.15, -0.1) is 24.0 Å². The van der Waals surface area contributed by atoms with Crippen LogP contribution in [0.3, 0.4) is 0 Å². The first-order valence-corrected chi connectivity index (χ1v) is 9.04. The molecule has 0 aliphatic heterocycles. The van der Waals surface area contributed by atoms with Crippen molar-refractivity contribution in [1.82, 2.24) is 15.5 Å². The van der Waals surface area contributed by atoms with Crippen LogP contribution in [0, 0.1) is 0 Å². The van der Waals surface area contributed by atoms with Gasteiger partial charge in [0.25, 0.3) is 5.91 Å². The van der Waals surface area contributed by atoms with Gasteiger partial charge in [-0.05, 0) is 35.9 Å². The number of rotatable bonds is 8. The van der Waals surface area contributed by atoms with E-state index in [1.165, 1.54) is 0 Å². The predicted octanol–water partition coefficient (Wildman–Crippen LogP) is 2.76. The molecule has 2 N–H and O–H groups in total. The second-order valence-electron chi connectivity index (χ2n) is 6.17. The van der Waals surface area contributed by atoms with E-state index in [9.17, 15) is 4.79 Å². The maximum absolute atomic E-state index is 12.2. The number of carbonyl (C=O) groups excluding carboxylic acids is 1. The number of hydrogen-bond acceptors (Lipinski definition) is 4. The fraction of sp³-hybridized carbons (Fsp3) is 0.333. The molecule has 0 radical (unpaired) electrons. The third kappa shape index (κ3) is 7.80. The standard InChI is InChI=1S/C21H28N4O3.HI/c1-22-21(25(2)15-16-8-10-18(27-3)11-9-16)24-13-12-23-20(26)17-6-5-7-19(14-17)28-4;/h5-11,14H,12-13,15H2,1-4H3,(H,22,24)(H,23,26);1H. The minimum atomic E-state index is -0.137. The normalized spacial score (nSPS) is 10.6. The maximum Gasteiger partial charge on any atom is 0.251 e. The zero-order valence-electron chi connectivity index (χ0n) is 17.3. The van der Waals surface area contributed by atoms with Gasteiger partial charge in [0.15, 0.2) is 5.96 Å². The van der Waals surface area contributed by atoms with Crippen molar-refractivity contribution in [3.05, 3.63) is 59.7 Å². The molecule has 0 saturated carbocycles. The van der Waals surface area contributed by atoms with E-state index < -0.39 is 0 Å². The number of carbonyl (C=O) groups is 1. The molecule has 0 heterocycles. The Balaban J connectivity index is 0.00000420. The Hall–Kier alpha value is -2.49. The third-order valence-corrected chi connectivity index (χ3v) is 4.18. The molecular weight excluding hydrogens is 483 g/mol. The van der Waals surface area contributed by atoms with Crippen LogP contribution in [0.25, 0.3) is 0 Å². The van der Waals surface area contributed by atoms with E-state index in [1.807, 2.05) is 36.2 Å². The largest absolute Gasteiger partial charge is 0.497 e. The molecule has 0 atom stereocenters. The molecule has 2 aromatic rings. The van der Waals surface area contributed by atoms with Gasteiger partial charge in [0.2, 0.25) is 0 Å². The number of hydrogen-bond donors (Lipinski definition) is 2. The lowest BCUT2D eigenvalue weighted by Crippen LogP contribution is -2.42. The smallest absolute Gasteiger partial charge is 0.251 e. The summed E-state index contributed by atoms with van der Waals surface area (Å²) in [5.41, 5.74) is 1.72. The summed E-state index contributed by atoms with van der Waals surface area (Å²) in [4.78, 5) is 18.5. The Morgan fingerprint density at radius 1 is 1.00 bits per heavy atom. The lowest BCUT2D eigenvalue weighted by molar-refractivity contribution is 0.0954. The molecule has 0 fully saturated rings. The predicted molar refractivity (Wildman–Crippen MR) is 127 cm³/mol. The SMILES string of the molecule is CN=C(NCCNC(=O)c1cccc(OC)c1)N(C)Cc1ccc(OC)cc1.I. The Labute approximate surface area is 189 Å². The van der Waals surface area contributed by atoms with Gasteiger partial charge in [-0.25, -0.2) is 0 Å². The van der Waals surface area contributed by atoms with E-state index in [4.69, 9.17) is 9.47 Å². The summed E-state index contributed by atoms with van der Waals surface area (Å²) in [5, 5.41) is 6.14. The summed E-state index contributed by atoms with van der Waals surface area (Å²) >= 11 is 0. The van der Waals surface area contributed by atoms with Crippen LogP contribution in [0.5, 0.6) is 11.5 Å². The Kier molecular flexibility index (Phi) is 10.9. The number of halogens is 1. The van der Waals surface area contributed by atoms with Crippen LogP contribution >= 0.6 is 24.0 Å². The molecule has 1 amide bonds. The van der Waals surface area contributed by atoms with Gasteiger partial charge in [-0.1, -0.05) is 18.2 Å². The Bertz CT molecular complexity index is 797. The Morgan fingerprint density at radius 3 is 2.28 bits per heavy atom. The van der Waals surface area contributed by atoms with Gasteiger partial charge in [0.1, 0.15) is 11.5 Å². The fourth-order valence-electron chi connectivity index (χ4n) is 2.68. The van der Waals surface area contributed by atoms with Gasteiger partial charge >= 0.3 is 0 Å². The quantitative estimate of drug-likeness (QED) is 0.246. The minimum Gasteiger partial charge on any atom is -0.497 e. The van der Waals surface area contributed by atoms with Crippen molar-refractivity contribution in [2.24, 2.45) is 4.99 Å². The van der Waals surface area contributed by atoms with Crippen LogP contribution in [0.2, 0.25) is 0 Å². The average Bonchev–Trinajstić information content (AvgIpc) is 2.74. The van der Waals surface area contributed by atoms with Gasteiger partial charge in [0, 0.05) is 39.3 Å². The number of aliphatic imine (C=N–C) groups is 1. The van der Waals surface area contributed by atoms with Gasteiger partial charge < -0.3 is 25.0 Å². The van der Waals surface area contributed by atoms with Crippen molar-refractivity contribution in [3.8, 4) is 11.5 Å². The minimum absolute atomic E-state index is 0. The molecule has 2 aromatic carbocycles. The van der Waals surface area contributed by atoms with Crippen molar-refractivity contribution >= 4 is 35.8 Å². The van der Waals surface area contributed by atoms with Gasteiger partial charge in [-0.2, -0.15) is 0 Å². The van der Waals surface area contributed by atoms with Crippen LogP contribution in [0.1, 0.15) is 15.9 Å². The summed E-state index contributed by atoms with van der Waals surface area (Å²) in [6.07, 6.45) is 0. The highest BCUT2D eigenvalue weighted by Gasteiger charge is 2.08. The lowest BCUT2D eigenvalue weighted by Gasteiger charge is -2.22. The van der Waals surface area contributed by atoms with E-state index in [0.717, 1.165) is 17.3 Å². The highest BCUT2D eigenvalue weighted by Crippen LogP contribution is 2.13. The molecule has 8 heteroatoms. The fourth-order valence-corrected chi connectivity index (χ4v) is 2.68. The summed E-state index contributed by atoms with van der Waals surface area (Å²) in [6, 6.07) is 15.0. The lowest BCUT2D eigenvalue weighted by atomic mass is 10.2. The molecule has 0 unspecified atom stereocenters. The number of methoxy groups -OCH3 is 2. The van der Waals surface area contributed by atoms with Crippen molar-refractivity contribution in [2.45, 2.75) is 6.54 Å². The molecule has 29 heavy (non-hydrogen) atoms. The summed E-state index contributed by atoms with van der Waals surface area (Å²) in [5.74, 6) is 2.11. The van der Waals surface area contributed by atoms with Crippen LogP contribution < -0.4 is 20.1 Å². The second kappa shape index (κ2) is 12.9. The first-order chi connectivity index (χ1) is 13.6. The number of amides is 1. The monoisotopic (exact) mass is 512 g/mol. The molecule has 0 bridgehead atoms. The molecule has 0 aliphatic carbocycles. The molecule has 0 aliphatic rings. The number of ether oxygens (including phenoxy) is 2. The third-order valence-electron chi connectivity index (χ3n) is 4.18. The highest BCUT2D eigenvalue weighted by atomic mass is 127. The Morgan fingerprint density at radius 2 is 1.66 bits per heavy atom. The van der Waals surface area contributed by atoms with Crippen molar-refractivity contribution in [3.63, 3.8) is 0 Å². The number of benzene rings is 2. The van der Waals surface area contributed by atoms with E-state index in [-0.39, 0.29) is 29.9 Å². The van der Waals surface area contributed by atoms with Crippen LogP contribution in [-0.2, 0) is 6.54 Å². The van der Waals surface area contributed by atoms with E-state index in [2.05, 4.69) is 15.6 Å². The molecule has 0 spiro atoms. The zero-order chi connectivity index (χ0) is 20.4. The number of nitrogens with zero attached hydrogens (tertiary/aromatic N) is 2. The van der Waals surface area contributed by atoms with E-state index >= 15 is 0 Å². The average molecular weight is 512 g/mol. The van der Waals surface area contributed by atoms with Crippen molar-refractivity contribution < 1.29 is 14.3 Å². The molecule has 7 nitrogen and oxygen atoms in total. The first-order valence-electron chi connectivity index (χ1n) is 9.04. The zero-order valence-corrected chi connectivity index (χ0v) is 19.6. The van der Waals surface area contributed by atoms with Crippen molar-refractivity contribution in [1.29, 1.82) is 0 Å². The number of nitrogens with one attached hydrogen (secondary N) is 2. The number of guanidine groups is 1. The molecular formula is C21H29IN4O3. The van der Waals surface area contributed by atoms with Gasteiger partial charge in [0.05, 0.1) is 14.2 Å². The molecule has 0 saturated heterocycles. The molecule has 2 rings (SSSR count). The first kappa shape index (κ1) is 24.5. The summed E-state index contributed by atoms with van der Waals surface area (Å²) in [6.45, 7) is 1.75. The van der Waals surface area contributed by atoms with Crippen LogP contribution in [0.4, 0.5) is 0 Å². The molecule has 158 valence electrons. The van der Waals surface area contributed by atoms with E-state index in [1.54, 1.807) is 45.5 Å². The van der Waals surface area contributed by atoms with Crippen LogP contribution in [0.15, 0.2) is 53.5 Å². The summed E-state index contributed by atoms with van der Waals surface area (Å²) in [7, 11) is 6.94. The molecule has 0 aromatic heterocycles. The maximum atomic E-state index is 12.2.